The predicted octanol–water partition coefficient (Wildman–Crippen LogP) is 3.30. The fraction of sp³-hybridized carbons (Fsp3) is 0.625. The van der Waals surface area contributed by atoms with E-state index in [9.17, 15) is 0 Å². The van der Waals surface area contributed by atoms with Gasteiger partial charge >= 0.3 is 0 Å². The van der Waals surface area contributed by atoms with Gasteiger partial charge in [-0.2, -0.15) is 0 Å². The smallest absolute Gasteiger partial charge is 0.119 e. The Bertz CT molecular complexity index is 398. The summed E-state index contributed by atoms with van der Waals surface area (Å²) in [6.45, 7) is 0. The Labute approximate surface area is 115 Å². The maximum absolute atomic E-state index is 5.97. The second kappa shape index (κ2) is 5.83. The van der Waals surface area contributed by atoms with Gasteiger partial charge < -0.3 is 15.8 Å². The van der Waals surface area contributed by atoms with Crippen LogP contribution in [0.4, 0.5) is 5.69 Å². The van der Waals surface area contributed by atoms with Crippen molar-refractivity contribution < 1.29 is 4.74 Å². The van der Waals surface area contributed by atoms with E-state index in [2.05, 4.69) is 29.6 Å². The summed E-state index contributed by atoms with van der Waals surface area (Å²) < 4.78 is 5.97. The Morgan fingerprint density at radius 3 is 2.37 bits per heavy atom. The second-order valence-electron chi connectivity index (χ2n) is 5.96. The Hall–Kier alpha value is -1.22. The molecule has 3 rings (SSSR count). The molecule has 0 saturated heterocycles. The van der Waals surface area contributed by atoms with Gasteiger partial charge in [0.15, 0.2) is 0 Å². The summed E-state index contributed by atoms with van der Waals surface area (Å²) >= 11 is 0. The van der Waals surface area contributed by atoms with Crippen molar-refractivity contribution in [2.75, 3.05) is 5.32 Å². The van der Waals surface area contributed by atoms with Crippen LogP contribution >= 0.6 is 0 Å². The van der Waals surface area contributed by atoms with Crippen molar-refractivity contribution in [3.05, 3.63) is 24.3 Å². The van der Waals surface area contributed by atoms with E-state index < -0.39 is 0 Å². The van der Waals surface area contributed by atoms with E-state index in [1.54, 1.807) is 0 Å². The molecule has 104 valence electrons. The zero-order valence-electron chi connectivity index (χ0n) is 11.5. The minimum Gasteiger partial charge on any atom is -0.490 e. The van der Waals surface area contributed by atoms with Gasteiger partial charge in [0.2, 0.25) is 0 Å². The molecule has 2 aliphatic carbocycles. The Morgan fingerprint density at radius 1 is 1.00 bits per heavy atom. The van der Waals surface area contributed by atoms with Gasteiger partial charge in [0, 0.05) is 17.8 Å². The van der Waals surface area contributed by atoms with Crippen molar-refractivity contribution in [1.29, 1.82) is 0 Å². The summed E-state index contributed by atoms with van der Waals surface area (Å²) in [7, 11) is 0. The minimum atomic E-state index is 0.377. The van der Waals surface area contributed by atoms with Crippen molar-refractivity contribution in [2.24, 2.45) is 5.73 Å². The molecular formula is C16H24N2O. The number of nitrogens with two attached hydrogens (primary N) is 1. The van der Waals surface area contributed by atoms with Gasteiger partial charge in [0.05, 0.1) is 6.10 Å². The maximum Gasteiger partial charge on any atom is 0.119 e. The van der Waals surface area contributed by atoms with E-state index in [1.165, 1.54) is 37.8 Å². The molecule has 2 unspecified atom stereocenters. The summed E-state index contributed by atoms with van der Waals surface area (Å²) in [5.41, 5.74) is 7.11. The zero-order valence-corrected chi connectivity index (χ0v) is 11.5. The summed E-state index contributed by atoms with van der Waals surface area (Å²) in [6, 6.07) is 9.31. The van der Waals surface area contributed by atoms with Crippen LogP contribution in [-0.2, 0) is 0 Å². The van der Waals surface area contributed by atoms with E-state index in [0.29, 0.717) is 18.2 Å². The lowest BCUT2D eigenvalue weighted by molar-refractivity contribution is 0.210. The lowest BCUT2D eigenvalue weighted by Gasteiger charge is -2.16. The Kier molecular flexibility index (Phi) is 3.92. The normalized spacial score (nSPS) is 27.6. The van der Waals surface area contributed by atoms with Crippen LogP contribution < -0.4 is 15.8 Å². The highest BCUT2D eigenvalue weighted by Gasteiger charge is 2.21. The van der Waals surface area contributed by atoms with Crippen LogP contribution in [0.15, 0.2) is 24.3 Å². The molecule has 3 nitrogen and oxygen atoms in total. The molecule has 0 amide bonds. The average molecular weight is 260 g/mol. The summed E-state index contributed by atoms with van der Waals surface area (Å²) in [6.07, 6.45) is 8.88. The number of ether oxygens (including phenoxy) is 1. The first-order valence-corrected chi connectivity index (χ1v) is 7.58. The maximum atomic E-state index is 5.97. The van der Waals surface area contributed by atoms with Crippen LogP contribution in [0.1, 0.15) is 44.9 Å². The van der Waals surface area contributed by atoms with Gasteiger partial charge in [-0.1, -0.05) is 0 Å². The molecule has 0 radical (unpaired) electrons. The molecule has 0 aliphatic heterocycles. The Balaban J connectivity index is 1.53. The van der Waals surface area contributed by atoms with Gasteiger partial charge in [0.1, 0.15) is 5.75 Å². The number of nitrogens with one attached hydrogen (secondary N) is 1. The summed E-state index contributed by atoms with van der Waals surface area (Å²) in [5.74, 6) is 1.00. The largest absolute Gasteiger partial charge is 0.490 e. The quantitative estimate of drug-likeness (QED) is 0.873. The molecule has 1 aromatic rings. The number of benzene rings is 1. The molecule has 2 atom stereocenters. The van der Waals surface area contributed by atoms with E-state index in [1.807, 2.05) is 0 Å². The van der Waals surface area contributed by atoms with Crippen LogP contribution in [0.25, 0.3) is 0 Å². The van der Waals surface area contributed by atoms with Crippen molar-refractivity contribution in [2.45, 2.75) is 63.1 Å². The van der Waals surface area contributed by atoms with Gasteiger partial charge in [-0.25, -0.2) is 0 Å². The van der Waals surface area contributed by atoms with E-state index >= 15 is 0 Å². The van der Waals surface area contributed by atoms with E-state index in [-0.39, 0.29) is 0 Å². The lowest BCUT2D eigenvalue weighted by atomic mass is 10.2. The first-order chi connectivity index (χ1) is 9.29. The summed E-state index contributed by atoms with van der Waals surface area (Å²) in [4.78, 5) is 0. The highest BCUT2D eigenvalue weighted by Crippen LogP contribution is 2.26. The van der Waals surface area contributed by atoms with Gasteiger partial charge in [-0.3, -0.25) is 0 Å². The lowest BCUT2D eigenvalue weighted by Crippen LogP contribution is -2.20. The number of hydrogen-bond acceptors (Lipinski definition) is 3. The third kappa shape index (κ3) is 3.41. The predicted molar refractivity (Wildman–Crippen MR) is 78.6 cm³/mol. The molecule has 1 aromatic carbocycles. The molecule has 2 aliphatic rings. The first-order valence-electron chi connectivity index (χ1n) is 7.58. The minimum absolute atomic E-state index is 0.377. The molecular weight excluding hydrogens is 236 g/mol. The Morgan fingerprint density at radius 2 is 1.74 bits per heavy atom. The number of rotatable bonds is 4. The fourth-order valence-electron chi connectivity index (χ4n) is 3.21. The second-order valence-corrected chi connectivity index (χ2v) is 5.96. The number of hydrogen-bond donors (Lipinski definition) is 2. The highest BCUT2D eigenvalue weighted by atomic mass is 16.5. The molecule has 0 bridgehead atoms. The topological polar surface area (TPSA) is 47.3 Å². The van der Waals surface area contributed by atoms with E-state index in [4.69, 9.17) is 10.5 Å². The molecule has 3 heteroatoms. The summed E-state index contributed by atoms with van der Waals surface area (Å²) in [5, 5.41) is 3.56. The molecule has 3 N–H and O–H groups in total. The van der Waals surface area contributed by atoms with Crippen LogP contribution in [-0.4, -0.2) is 18.2 Å². The molecule has 0 aromatic heterocycles. The standard InChI is InChI=1S/C16H24N2O/c17-12-5-6-14(11-12)18-13-7-9-16(10-8-13)19-15-3-1-2-4-15/h7-10,12,14-15,18H,1-6,11,17H2. The van der Waals surface area contributed by atoms with Crippen molar-refractivity contribution in [3.63, 3.8) is 0 Å². The van der Waals surface area contributed by atoms with Gasteiger partial charge in [0.25, 0.3) is 0 Å². The van der Waals surface area contributed by atoms with E-state index in [0.717, 1.165) is 18.6 Å². The molecule has 19 heavy (non-hydrogen) atoms. The average Bonchev–Trinajstić information content (AvgIpc) is 3.04. The number of anilines is 1. The van der Waals surface area contributed by atoms with Crippen LogP contribution in [0, 0.1) is 0 Å². The SMILES string of the molecule is NC1CCC(Nc2ccc(OC3CCCC3)cc2)C1. The van der Waals surface area contributed by atoms with Crippen LogP contribution in [0.5, 0.6) is 5.75 Å². The van der Waals surface area contributed by atoms with Gasteiger partial charge in [-0.05, 0) is 69.2 Å². The van der Waals surface area contributed by atoms with Crippen molar-refractivity contribution >= 4 is 5.69 Å². The molecule has 0 heterocycles. The zero-order chi connectivity index (χ0) is 13.1. The van der Waals surface area contributed by atoms with Crippen molar-refractivity contribution in [3.8, 4) is 5.75 Å². The monoisotopic (exact) mass is 260 g/mol. The third-order valence-corrected chi connectivity index (χ3v) is 4.30. The van der Waals surface area contributed by atoms with Gasteiger partial charge in [-0.15, -0.1) is 0 Å². The van der Waals surface area contributed by atoms with Crippen molar-refractivity contribution in [1.82, 2.24) is 0 Å². The molecule has 0 spiro atoms. The highest BCUT2D eigenvalue weighted by molar-refractivity contribution is 5.47. The van der Waals surface area contributed by atoms with Crippen LogP contribution in [0.2, 0.25) is 0 Å². The first kappa shape index (κ1) is 12.8. The molecule has 2 fully saturated rings. The molecule has 2 saturated carbocycles. The fourth-order valence-corrected chi connectivity index (χ4v) is 3.21. The van der Waals surface area contributed by atoms with Crippen LogP contribution in [0.3, 0.4) is 0 Å². The third-order valence-electron chi connectivity index (χ3n) is 4.30.